The topological polar surface area (TPSA) is 76.0 Å². The van der Waals surface area contributed by atoms with Crippen LogP contribution in [0.25, 0.3) is 11.1 Å². The highest BCUT2D eigenvalue weighted by Crippen LogP contribution is 2.66. The summed E-state index contributed by atoms with van der Waals surface area (Å²) < 4.78 is 22.9. The molecular formula is C37H55NO5P+. The van der Waals surface area contributed by atoms with Crippen molar-refractivity contribution < 1.29 is 28.1 Å². The van der Waals surface area contributed by atoms with Gasteiger partial charge in [-0.15, -0.1) is 0 Å². The van der Waals surface area contributed by atoms with Crippen LogP contribution in [0.4, 0.5) is 0 Å². The SMILES string of the molecule is C=C(c1ccccc1)[C@@]12CC[C@@H](O)[C@@H]1CC(CCCCCCCCCCOP(=O)(O)OCC[N+](C)(C)C)=C2c1ccccc1. The Balaban J connectivity index is 1.23. The number of phosphoric acid groups is 1. The van der Waals surface area contributed by atoms with Crippen molar-refractivity contribution in [3.8, 4) is 0 Å². The summed E-state index contributed by atoms with van der Waals surface area (Å²) in [6, 6.07) is 21.4. The van der Waals surface area contributed by atoms with Gasteiger partial charge in [0.25, 0.3) is 0 Å². The van der Waals surface area contributed by atoms with E-state index in [1.54, 1.807) is 0 Å². The van der Waals surface area contributed by atoms with Crippen molar-refractivity contribution in [1.29, 1.82) is 0 Å². The highest BCUT2D eigenvalue weighted by Gasteiger charge is 2.56. The van der Waals surface area contributed by atoms with Gasteiger partial charge in [0.1, 0.15) is 13.2 Å². The Kier molecular flexibility index (Phi) is 12.6. The normalized spacial score (nSPS) is 23.1. The van der Waals surface area contributed by atoms with Crippen molar-refractivity contribution in [2.75, 3.05) is 40.9 Å². The number of rotatable bonds is 19. The zero-order valence-electron chi connectivity index (χ0n) is 27.3. The van der Waals surface area contributed by atoms with Crippen molar-refractivity contribution in [1.82, 2.24) is 0 Å². The molecule has 0 radical (unpaired) electrons. The third-order valence-electron chi connectivity index (χ3n) is 9.56. The van der Waals surface area contributed by atoms with E-state index in [2.05, 4.69) is 67.2 Å². The lowest BCUT2D eigenvalue weighted by atomic mass is 9.66. The number of fused-ring (bicyclic) bond motifs is 1. The second-order valence-corrected chi connectivity index (χ2v) is 15.3. The minimum absolute atomic E-state index is 0.193. The number of allylic oxidation sites excluding steroid dienone is 3. The van der Waals surface area contributed by atoms with Crippen molar-refractivity contribution in [3.63, 3.8) is 0 Å². The predicted molar refractivity (Wildman–Crippen MR) is 181 cm³/mol. The smallest absolute Gasteiger partial charge is 0.393 e. The number of hydrogen-bond donors (Lipinski definition) is 2. The molecule has 0 aromatic heterocycles. The molecule has 1 saturated carbocycles. The van der Waals surface area contributed by atoms with E-state index >= 15 is 0 Å². The lowest BCUT2D eigenvalue weighted by Gasteiger charge is -2.37. The van der Waals surface area contributed by atoms with Gasteiger partial charge in [-0.05, 0) is 60.8 Å². The molecule has 242 valence electrons. The first kappa shape index (κ1) is 34.8. The number of likely N-dealkylation sites (N-methyl/N-ethyl adjacent to an activating group) is 1. The Morgan fingerprint density at radius 2 is 1.45 bits per heavy atom. The first-order chi connectivity index (χ1) is 21.0. The number of hydrogen-bond acceptors (Lipinski definition) is 4. The molecule has 2 aliphatic carbocycles. The average Bonchev–Trinajstić information content (AvgIpc) is 3.49. The van der Waals surface area contributed by atoms with Crippen LogP contribution in [0.5, 0.6) is 0 Å². The highest BCUT2D eigenvalue weighted by molar-refractivity contribution is 7.47. The van der Waals surface area contributed by atoms with Gasteiger partial charge in [0.05, 0.1) is 33.9 Å². The van der Waals surface area contributed by atoms with Gasteiger partial charge in [0.15, 0.2) is 0 Å². The summed E-state index contributed by atoms with van der Waals surface area (Å²) in [5, 5.41) is 11.2. The van der Waals surface area contributed by atoms with Crippen LogP contribution >= 0.6 is 7.82 Å². The van der Waals surface area contributed by atoms with E-state index in [1.807, 2.05) is 21.1 Å². The van der Waals surface area contributed by atoms with Crippen LogP contribution in [-0.2, 0) is 13.6 Å². The molecule has 0 amide bonds. The van der Waals surface area contributed by atoms with Gasteiger partial charge < -0.3 is 14.5 Å². The Bertz CT molecular complexity index is 1270. The van der Waals surface area contributed by atoms with Crippen molar-refractivity contribution >= 4 is 19.0 Å². The van der Waals surface area contributed by atoms with E-state index in [9.17, 15) is 14.6 Å². The molecule has 2 aromatic carbocycles. The predicted octanol–water partition coefficient (Wildman–Crippen LogP) is 8.67. The van der Waals surface area contributed by atoms with Crippen LogP contribution < -0.4 is 0 Å². The zero-order valence-corrected chi connectivity index (χ0v) is 28.1. The fraction of sp³-hybridized carbons (Fsp3) is 0.568. The molecule has 1 unspecified atom stereocenters. The number of quaternary nitrogens is 1. The van der Waals surface area contributed by atoms with Gasteiger partial charge in [-0.1, -0.05) is 111 Å². The van der Waals surface area contributed by atoms with Crippen LogP contribution in [0.2, 0.25) is 0 Å². The standard InChI is InChI=1S/C37H54NO5P/c1-30(31-19-14-11-15-20-31)37-25-24-35(39)34(37)29-33(36(37)32-21-16-12-17-22-32)23-13-9-7-5-6-8-10-18-27-42-44(40,41)43-28-26-38(2,3)4/h11-12,14-17,19-22,34-35,39H,1,5-10,13,18,23-29H2,2-4H3/p+1/t34-,35+,37-/m0/s1. The second kappa shape index (κ2) is 16.0. The Labute approximate surface area is 266 Å². The van der Waals surface area contributed by atoms with E-state index in [1.165, 1.54) is 48.0 Å². The number of phosphoric ester groups is 1. The molecule has 4 atom stereocenters. The zero-order chi connectivity index (χ0) is 31.6. The summed E-state index contributed by atoms with van der Waals surface area (Å²) in [5.41, 5.74) is 6.37. The first-order valence-corrected chi connectivity index (χ1v) is 18.2. The lowest BCUT2D eigenvalue weighted by molar-refractivity contribution is -0.870. The molecule has 44 heavy (non-hydrogen) atoms. The Morgan fingerprint density at radius 1 is 0.886 bits per heavy atom. The van der Waals surface area contributed by atoms with E-state index in [0.29, 0.717) is 11.0 Å². The van der Waals surface area contributed by atoms with Gasteiger partial charge >= 0.3 is 7.82 Å². The summed E-state index contributed by atoms with van der Waals surface area (Å²) in [6.45, 7) is 5.79. The minimum atomic E-state index is -3.95. The highest BCUT2D eigenvalue weighted by atomic mass is 31.2. The quantitative estimate of drug-likeness (QED) is 0.0929. The van der Waals surface area contributed by atoms with E-state index in [-0.39, 0.29) is 30.7 Å². The third-order valence-corrected chi connectivity index (χ3v) is 10.6. The van der Waals surface area contributed by atoms with Gasteiger partial charge in [-0.2, -0.15) is 0 Å². The average molecular weight is 625 g/mol. The molecule has 2 N–H and O–H groups in total. The van der Waals surface area contributed by atoms with Crippen molar-refractivity contribution in [2.24, 2.45) is 11.3 Å². The van der Waals surface area contributed by atoms with Gasteiger partial charge in [-0.25, -0.2) is 4.57 Å². The molecule has 0 aliphatic heterocycles. The largest absolute Gasteiger partial charge is 0.472 e. The molecule has 2 aromatic rings. The molecule has 0 spiro atoms. The van der Waals surface area contributed by atoms with Crippen molar-refractivity contribution in [3.05, 3.63) is 83.9 Å². The third kappa shape index (κ3) is 9.25. The molecule has 7 heteroatoms. The summed E-state index contributed by atoms with van der Waals surface area (Å²) in [4.78, 5) is 9.83. The summed E-state index contributed by atoms with van der Waals surface area (Å²) in [6.07, 6.45) is 12.3. The van der Waals surface area contributed by atoms with Crippen LogP contribution in [0.1, 0.15) is 88.2 Å². The molecule has 0 bridgehead atoms. The summed E-state index contributed by atoms with van der Waals surface area (Å²) >= 11 is 0. The van der Waals surface area contributed by atoms with E-state index in [0.717, 1.165) is 56.9 Å². The molecule has 4 rings (SSSR count). The van der Waals surface area contributed by atoms with Crippen LogP contribution in [-0.4, -0.2) is 61.5 Å². The maximum absolute atomic E-state index is 12.0. The molecular weight excluding hydrogens is 569 g/mol. The maximum Gasteiger partial charge on any atom is 0.472 e. The Morgan fingerprint density at radius 3 is 2.09 bits per heavy atom. The van der Waals surface area contributed by atoms with Gasteiger partial charge in [-0.3, -0.25) is 9.05 Å². The maximum atomic E-state index is 12.0. The summed E-state index contributed by atoms with van der Waals surface area (Å²) in [7, 11) is 2.08. The Hall–Kier alpha value is -2.05. The van der Waals surface area contributed by atoms with Gasteiger partial charge in [0.2, 0.25) is 0 Å². The molecule has 6 nitrogen and oxygen atoms in total. The fourth-order valence-electron chi connectivity index (χ4n) is 7.26. The number of aliphatic hydroxyl groups is 1. The van der Waals surface area contributed by atoms with Gasteiger partial charge in [0, 0.05) is 11.3 Å². The lowest BCUT2D eigenvalue weighted by Crippen LogP contribution is -2.37. The molecule has 0 heterocycles. The number of unbranched alkanes of at least 4 members (excludes halogenated alkanes) is 7. The number of aliphatic hydroxyl groups excluding tert-OH is 1. The van der Waals surface area contributed by atoms with E-state index in [4.69, 9.17) is 9.05 Å². The van der Waals surface area contributed by atoms with Crippen molar-refractivity contribution in [2.45, 2.75) is 83.2 Å². The number of nitrogens with zero attached hydrogens (tertiary/aromatic N) is 1. The molecule has 0 saturated heterocycles. The second-order valence-electron chi connectivity index (χ2n) is 13.8. The molecule has 2 aliphatic rings. The summed E-state index contributed by atoms with van der Waals surface area (Å²) in [5.74, 6) is 0.193. The van der Waals surface area contributed by atoms with E-state index < -0.39 is 7.82 Å². The van der Waals surface area contributed by atoms with Crippen LogP contribution in [0.15, 0.2) is 72.8 Å². The monoisotopic (exact) mass is 624 g/mol. The number of benzene rings is 2. The van der Waals surface area contributed by atoms with Crippen LogP contribution in [0, 0.1) is 11.3 Å². The fourth-order valence-corrected chi connectivity index (χ4v) is 8.01. The first-order valence-electron chi connectivity index (χ1n) is 16.7. The van der Waals surface area contributed by atoms with Crippen LogP contribution in [0.3, 0.4) is 0 Å². The molecule has 1 fully saturated rings. The minimum Gasteiger partial charge on any atom is -0.393 e.